The first kappa shape index (κ1) is 18.6. The molecule has 8 heteroatoms. The van der Waals surface area contributed by atoms with Crippen LogP contribution in [0.5, 0.6) is 0 Å². The molecule has 0 radical (unpaired) electrons. The van der Waals surface area contributed by atoms with Crippen LogP contribution >= 0.6 is 11.6 Å². The van der Waals surface area contributed by atoms with Crippen LogP contribution in [0.1, 0.15) is 17.4 Å². The fraction of sp³-hybridized carbons (Fsp3) is 0.105. The first-order valence-corrected chi connectivity index (χ1v) is 8.32. The lowest BCUT2D eigenvalue weighted by Gasteiger charge is -2.14. The molecule has 0 unspecified atom stereocenters. The topological polar surface area (TPSA) is 88.3 Å². The number of para-hydroxylation sites is 1. The number of carbonyl (C=O) groups excluding carboxylic acids is 2. The third kappa shape index (κ3) is 4.15. The van der Waals surface area contributed by atoms with Crippen molar-refractivity contribution >= 4 is 40.1 Å². The number of hydrogen-bond acceptors (Lipinski definition) is 4. The van der Waals surface area contributed by atoms with Crippen molar-refractivity contribution in [1.82, 2.24) is 4.98 Å². The van der Waals surface area contributed by atoms with Gasteiger partial charge in [0.1, 0.15) is 11.5 Å². The maximum Gasteiger partial charge on any atom is 0.355 e. The second kappa shape index (κ2) is 7.59. The number of aromatic amines is 1. The zero-order valence-corrected chi connectivity index (χ0v) is 14.8. The Kier molecular flexibility index (Phi) is 5.23. The van der Waals surface area contributed by atoms with Crippen molar-refractivity contribution in [2.75, 3.05) is 5.32 Å². The first-order chi connectivity index (χ1) is 12.8. The van der Waals surface area contributed by atoms with Crippen molar-refractivity contribution in [2.45, 2.75) is 13.0 Å². The molecule has 1 amide bonds. The number of amides is 1. The summed E-state index contributed by atoms with van der Waals surface area (Å²) in [5.41, 5.74) is 0.252. The van der Waals surface area contributed by atoms with Crippen LogP contribution in [-0.4, -0.2) is 23.0 Å². The summed E-state index contributed by atoms with van der Waals surface area (Å²) < 4.78 is 18.2. The van der Waals surface area contributed by atoms with E-state index in [2.05, 4.69) is 10.3 Å². The monoisotopic (exact) mass is 388 g/mol. The van der Waals surface area contributed by atoms with E-state index < -0.39 is 23.8 Å². The van der Waals surface area contributed by atoms with Gasteiger partial charge in [0.2, 0.25) is 0 Å². The van der Waals surface area contributed by atoms with Crippen LogP contribution in [0.15, 0.2) is 53.3 Å². The molecule has 0 fully saturated rings. The lowest BCUT2D eigenvalue weighted by Crippen LogP contribution is -2.30. The standard InChI is InChI=1S/C19H14ClFN2O4/c1-10(18(25)23-15-7-6-11(21)8-13(15)20)27-19(26)16-9-17(24)12-4-2-3-5-14(12)22-16/h2-10H,1H3,(H,22,24)(H,23,25)/t10-/m0/s1. The summed E-state index contributed by atoms with van der Waals surface area (Å²) in [6.07, 6.45) is -1.17. The fourth-order valence-electron chi connectivity index (χ4n) is 2.41. The highest BCUT2D eigenvalue weighted by Crippen LogP contribution is 2.22. The van der Waals surface area contributed by atoms with Gasteiger partial charge in [0.05, 0.1) is 10.7 Å². The van der Waals surface area contributed by atoms with Gasteiger partial charge in [-0.15, -0.1) is 0 Å². The third-order valence-electron chi connectivity index (χ3n) is 3.80. The molecule has 138 valence electrons. The van der Waals surface area contributed by atoms with Crippen LogP contribution in [-0.2, 0) is 9.53 Å². The maximum atomic E-state index is 13.1. The molecule has 0 saturated heterocycles. The number of carbonyl (C=O) groups is 2. The zero-order chi connectivity index (χ0) is 19.6. The summed E-state index contributed by atoms with van der Waals surface area (Å²) in [5, 5.41) is 2.90. The van der Waals surface area contributed by atoms with Gasteiger partial charge in [-0.25, -0.2) is 9.18 Å². The molecule has 3 aromatic rings. The van der Waals surface area contributed by atoms with Crippen LogP contribution in [0.3, 0.4) is 0 Å². The van der Waals surface area contributed by atoms with Gasteiger partial charge < -0.3 is 15.0 Å². The second-order valence-corrected chi connectivity index (χ2v) is 6.16. The van der Waals surface area contributed by atoms with E-state index in [4.69, 9.17) is 16.3 Å². The molecule has 1 aromatic heterocycles. The van der Waals surface area contributed by atoms with Crippen molar-refractivity contribution in [3.05, 3.63) is 75.3 Å². The van der Waals surface area contributed by atoms with E-state index in [0.717, 1.165) is 18.2 Å². The number of aromatic nitrogens is 1. The molecule has 1 heterocycles. The van der Waals surface area contributed by atoms with Gasteiger partial charge in [-0.3, -0.25) is 9.59 Å². The summed E-state index contributed by atoms with van der Waals surface area (Å²) in [5.74, 6) is -2.05. The predicted octanol–water partition coefficient (Wildman–Crippen LogP) is 3.50. The quantitative estimate of drug-likeness (QED) is 0.669. The van der Waals surface area contributed by atoms with Crippen LogP contribution in [0.2, 0.25) is 5.02 Å². The Hall–Kier alpha value is -3.19. The maximum absolute atomic E-state index is 13.1. The summed E-state index contributed by atoms with van der Waals surface area (Å²) in [6.45, 7) is 1.36. The number of esters is 1. The van der Waals surface area contributed by atoms with Crippen LogP contribution in [0.25, 0.3) is 10.9 Å². The van der Waals surface area contributed by atoms with Crippen molar-refractivity contribution in [1.29, 1.82) is 0 Å². The smallest absolute Gasteiger partial charge is 0.355 e. The largest absolute Gasteiger partial charge is 0.448 e. The summed E-state index contributed by atoms with van der Waals surface area (Å²) in [6, 6.07) is 11.3. The normalized spacial score (nSPS) is 11.8. The molecule has 1 atom stereocenters. The number of ether oxygens (including phenoxy) is 1. The summed E-state index contributed by atoms with van der Waals surface area (Å²) in [7, 11) is 0. The minimum atomic E-state index is -1.17. The lowest BCUT2D eigenvalue weighted by molar-refractivity contribution is -0.123. The van der Waals surface area contributed by atoms with Crippen molar-refractivity contribution < 1.29 is 18.7 Å². The predicted molar refractivity (Wildman–Crippen MR) is 99.5 cm³/mol. The number of benzene rings is 2. The number of H-pyrrole nitrogens is 1. The first-order valence-electron chi connectivity index (χ1n) is 7.94. The minimum Gasteiger partial charge on any atom is -0.448 e. The summed E-state index contributed by atoms with van der Waals surface area (Å²) in [4.78, 5) is 39.3. The Bertz CT molecular complexity index is 1100. The number of halogens is 2. The van der Waals surface area contributed by atoms with Crippen molar-refractivity contribution in [3.8, 4) is 0 Å². The van der Waals surface area contributed by atoms with E-state index in [1.165, 1.54) is 13.0 Å². The Morgan fingerprint density at radius 1 is 1.19 bits per heavy atom. The van der Waals surface area contributed by atoms with Gasteiger partial charge in [-0.1, -0.05) is 23.7 Å². The summed E-state index contributed by atoms with van der Waals surface area (Å²) >= 11 is 5.85. The van der Waals surface area contributed by atoms with Gasteiger partial charge in [-0.2, -0.15) is 0 Å². The Morgan fingerprint density at radius 2 is 1.93 bits per heavy atom. The number of pyridine rings is 1. The molecule has 6 nitrogen and oxygen atoms in total. The van der Waals surface area contributed by atoms with E-state index in [-0.39, 0.29) is 21.8 Å². The van der Waals surface area contributed by atoms with Crippen LogP contribution in [0, 0.1) is 5.82 Å². The van der Waals surface area contributed by atoms with E-state index in [0.29, 0.717) is 10.9 Å². The zero-order valence-electron chi connectivity index (χ0n) is 14.1. The molecular formula is C19H14ClFN2O4. The second-order valence-electron chi connectivity index (χ2n) is 5.75. The lowest BCUT2D eigenvalue weighted by atomic mass is 10.2. The van der Waals surface area contributed by atoms with E-state index >= 15 is 0 Å². The molecular weight excluding hydrogens is 375 g/mol. The highest BCUT2D eigenvalue weighted by atomic mass is 35.5. The number of hydrogen-bond donors (Lipinski definition) is 2. The fourth-order valence-corrected chi connectivity index (χ4v) is 2.62. The van der Waals surface area contributed by atoms with Gasteiger partial charge in [0, 0.05) is 17.0 Å². The average Bonchev–Trinajstić information content (AvgIpc) is 2.63. The average molecular weight is 389 g/mol. The molecule has 0 aliphatic carbocycles. The molecule has 0 spiro atoms. The van der Waals surface area contributed by atoms with Crippen LogP contribution < -0.4 is 10.7 Å². The van der Waals surface area contributed by atoms with Crippen molar-refractivity contribution in [2.24, 2.45) is 0 Å². The highest BCUT2D eigenvalue weighted by molar-refractivity contribution is 6.33. The third-order valence-corrected chi connectivity index (χ3v) is 4.11. The van der Waals surface area contributed by atoms with Crippen molar-refractivity contribution in [3.63, 3.8) is 0 Å². The molecule has 0 bridgehead atoms. The molecule has 3 rings (SSSR count). The Labute approximate surface area is 157 Å². The van der Waals surface area contributed by atoms with Gasteiger partial charge in [-0.05, 0) is 37.3 Å². The van der Waals surface area contributed by atoms with E-state index in [1.54, 1.807) is 24.3 Å². The van der Waals surface area contributed by atoms with Gasteiger partial charge in [0.15, 0.2) is 11.5 Å². The molecule has 2 N–H and O–H groups in total. The molecule has 0 aliphatic heterocycles. The highest BCUT2D eigenvalue weighted by Gasteiger charge is 2.21. The number of nitrogens with one attached hydrogen (secondary N) is 2. The van der Waals surface area contributed by atoms with E-state index in [1.807, 2.05) is 0 Å². The van der Waals surface area contributed by atoms with Crippen LogP contribution in [0.4, 0.5) is 10.1 Å². The van der Waals surface area contributed by atoms with Gasteiger partial charge >= 0.3 is 5.97 Å². The molecule has 0 aliphatic rings. The van der Waals surface area contributed by atoms with Gasteiger partial charge in [0.25, 0.3) is 5.91 Å². The Balaban J connectivity index is 1.73. The number of anilines is 1. The molecule has 2 aromatic carbocycles. The number of rotatable bonds is 4. The molecule has 27 heavy (non-hydrogen) atoms. The SMILES string of the molecule is C[C@H](OC(=O)c1cc(=O)c2ccccc2[nH]1)C(=O)Nc1ccc(F)cc1Cl. The minimum absolute atomic E-state index is 0.0146. The molecule has 0 saturated carbocycles. The Morgan fingerprint density at radius 3 is 2.67 bits per heavy atom. The number of fused-ring (bicyclic) bond motifs is 1. The van der Waals surface area contributed by atoms with E-state index in [9.17, 15) is 18.8 Å².